The summed E-state index contributed by atoms with van der Waals surface area (Å²) in [5.41, 5.74) is 0.604. The third-order valence-electron chi connectivity index (χ3n) is 4.28. The summed E-state index contributed by atoms with van der Waals surface area (Å²) in [6, 6.07) is 13.1. The van der Waals surface area contributed by atoms with Gasteiger partial charge in [-0.25, -0.2) is 9.18 Å². The molecule has 2 heterocycles. The molecule has 1 amide bonds. The number of rotatable bonds is 3. The summed E-state index contributed by atoms with van der Waals surface area (Å²) < 4.78 is 20.6. The van der Waals surface area contributed by atoms with Crippen molar-refractivity contribution in [1.29, 1.82) is 0 Å². The fraction of sp³-hybridized carbons (Fsp3) is 0.105. The van der Waals surface area contributed by atoms with Gasteiger partial charge in [-0.2, -0.15) is 5.10 Å². The molecular formula is C19H14FN3O3. The van der Waals surface area contributed by atoms with Crippen molar-refractivity contribution in [3.63, 3.8) is 0 Å². The summed E-state index contributed by atoms with van der Waals surface area (Å²) in [6.45, 7) is -0.137. The van der Waals surface area contributed by atoms with Crippen molar-refractivity contribution in [2.24, 2.45) is 0 Å². The summed E-state index contributed by atoms with van der Waals surface area (Å²) in [6.07, 6.45) is 1.38. The molecule has 0 aliphatic heterocycles. The van der Waals surface area contributed by atoms with Crippen LogP contribution in [0, 0.1) is 5.82 Å². The molecule has 0 atom stereocenters. The fourth-order valence-corrected chi connectivity index (χ4v) is 2.94. The van der Waals surface area contributed by atoms with Crippen LogP contribution in [0.15, 0.2) is 63.9 Å². The molecule has 26 heavy (non-hydrogen) atoms. The van der Waals surface area contributed by atoms with Gasteiger partial charge in [0.05, 0.1) is 17.4 Å². The molecule has 0 radical (unpaired) electrons. The molecule has 0 saturated carbocycles. The van der Waals surface area contributed by atoms with E-state index >= 15 is 0 Å². The Labute approximate surface area is 147 Å². The van der Waals surface area contributed by atoms with Crippen molar-refractivity contribution < 1.29 is 13.6 Å². The third kappa shape index (κ3) is 2.54. The first-order chi connectivity index (χ1) is 12.6. The highest BCUT2D eigenvalue weighted by molar-refractivity contribution is 6.02. The van der Waals surface area contributed by atoms with Gasteiger partial charge in [0, 0.05) is 12.4 Å². The summed E-state index contributed by atoms with van der Waals surface area (Å²) in [5, 5.41) is 5.14. The lowest BCUT2D eigenvalue weighted by molar-refractivity contribution is -0.119. The van der Waals surface area contributed by atoms with Gasteiger partial charge in [-0.1, -0.05) is 24.3 Å². The monoisotopic (exact) mass is 351 g/mol. The molecule has 7 heteroatoms. The molecule has 4 rings (SSSR count). The van der Waals surface area contributed by atoms with Gasteiger partial charge in [0.2, 0.25) is 5.91 Å². The highest BCUT2D eigenvalue weighted by atomic mass is 19.1. The standard InChI is InChI=1S/C19H14FN3O3/c1-22(15-8-4-3-7-14(15)20)17(24)11-23-18-12-6-2-5-9-16(12)26-19(25)13(18)10-21-23/h2-10H,11H2,1H3. The molecular weight excluding hydrogens is 337 g/mol. The van der Waals surface area contributed by atoms with Crippen LogP contribution in [0.4, 0.5) is 10.1 Å². The van der Waals surface area contributed by atoms with Crippen molar-refractivity contribution >= 4 is 33.5 Å². The molecule has 0 aliphatic carbocycles. The van der Waals surface area contributed by atoms with Crippen molar-refractivity contribution in [2.45, 2.75) is 6.54 Å². The van der Waals surface area contributed by atoms with Crippen molar-refractivity contribution in [3.05, 3.63) is 71.0 Å². The number of likely N-dealkylation sites (N-methyl/N-ethyl adjacent to an activating group) is 1. The second-order valence-corrected chi connectivity index (χ2v) is 5.85. The number of halogens is 1. The van der Waals surface area contributed by atoms with E-state index in [1.54, 1.807) is 30.3 Å². The SMILES string of the molecule is CN(C(=O)Cn1ncc2c(=O)oc3ccccc3c21)c1ccccc1F. The largest absolute Gasteiger partial charge is 0.422 e. The van der Waals surface area contributed by atoms with Crippen LogP contribution in [-0.2, 0) is 11.3 Å². The Balaban J connectivity index is 1.77. The number of nitrogens with zero attached hydrogens (tertiary/aromatic N) is 3. The molecule has 4 aromatic rings. The number of para-hydroxylation sites is 2. The Morgan fingerprint density at radius 2 is 1.88 bits per heavy atom. The molecule has 0 aliphatic rings. The first kappa shape index (κ1) is 16.0. The van der Waals surface area contributed by atoms with Crippen LogP contribution >= 0.6 is 0 Å². The lowest BCUT2D eigenvalue weighted by Crippen LogP contribution is -2.31. The number of hydrogen-bond acceptors (Lipinski definition) is 4. The normalized spacial score (nSPS) is 11.2. The van der Waals surface area contributed by atoms with Crippen molar-refractivity contribution in [2.75, 3.05) is 11.9 Å². The maximum absolute atomic E-state index is 13.9. The minimum atomic E-state index is -0.514. The molecule has 0 N–H and O–H groups in total. The van der Waals surface area contributed by atoms with Crippen LogP contribution in [0.1, 0.15) is 0 Å². The number of aromatic nitrogens is 2. The Bertz CT molecular complexity index is 1200. The highest BCUT2D eigenvalue weighted by Crippen LogP contribution is 2.23. The lowest BCUT2D eigenvalue weighted by Gasteiger charge is -2.18. The van der Waals surface area contributed by atoms with E-state index in [9.17, 15) is 14.0 Å². The van der Waals surface area contributed by atoms with Gasteiger partial charge >= 0.3 is 5.63 Å². The molecule has 0 fully saturated rings. The van der Waals surface area contributed by atoms with Gasteiger partial charge in [0.1, 0.15) is 23.3 Å². The average molecular weight is 351 g/mol. The molecule has 0 bridgehead atoms. The van der Waals surface area contributed by atoms with Crippen LogP contribution in [0.25, 0.3) is 21.9 Å². The topological polar surface area (TPSA) is 68.3 Å². The summed E-state index contributed by atoms with van der Waals surface area (Å²) in [5.74, 6) is -0.850. The number of carbonyl (C=O) groups excluding carboxylic acids is 1. The zero-order valence-corrected chi connectivity index (χ0v) is 13.8. The van der Waals surface area contributed by atoms with Crippen molar-refractivity contribution in [3.8, 4) is 0 Å². The van der Waals surface area contributed by atoms with Crippen LogP contribution in [0.3, 0.4) is 0 Å². The molecule has 2 aromatic heterocycles. The quantitative estimate of drug-likeness (QED) is 0.532. The fourth-order valence-electron chi connectivity index (χ4n) is 2.94. The molecule has 6 nitrogen and oxygen atoms in total. The third-order valence-corrected chi connectivity index (χ3v) is 4.28. The van der Waals surface area contributed by atoms with E-state index in [4.69, 9.17) is 4.42 Å². The second kappa shape index (κ2) is 6.11. The molecule has 0 saturated heterocycles. The van der Waals surface area contributed by atoms with Gasteiger partial charge in [-0.15, -0.1) is 0 Å². The molecule has 2 aromatic carbocycles. The van der Waals surface area contributed by atoms with E-state index in [2.05, 4.69) is 5.10 Å². The number of hydrogen-bond donors (Lipinski definition) is 0. The smallest absolute Gasteiger partial charge is 0.347 e. The Morgan fingerprint density at radius 3 is 2.69 bits per heavy atom. The maximum Gasteiger partial charge on any atom is 0.347 e. The van der Waals surface area contributed by atoms with E-state index in [1.165, 1.54) is 35.0 Å². The van der Waals surface area contributed by atoms with Crippen LogP contribution < -0.4 is 10.5 Å². The van der Waals surface area contributed by atoms with E-state index in [0.717, 1.165) is 0 Å². The van der Waals surface area contributed by atoms with Crippen LogP contribution in [0.2, 0.25) is 0 Å². The van der Waals surface area contributed by atoms with Gasteiger partial charge < -0.3 is 9.32 Å². The average Bonchev–Trinajstić information content (AvgIpc) is 3.06. The minimum Gasteiger partial charge on any atom is -0.422 e. The highest BCUT2D eigenvalue weighted by Gasteiger charge is 2.19. The predicted molar refractivity (Wildman–Crippen MR) is 95.6 cm³/mol. The van der Waals surface area contributed by atoms with E-state index in [0.29, 0.717) is 21.9 Å². The summed E-state index contributed by atoms with van der Waals surface area (Å²) in [4.78, 5) is 26.0. The Kier molecular flexibility index (Phi) is 3.76. The summed E-state index contributed by atoms with van der Waals surface area (Å²) >= 11 is 0. The number of anilines is 1. The van der Waals surface area contributed by atoms with Crippen molar-refractivity contribution in [1.82, 2.24) is 9.78 Å². The minimum absolute atomic E-state index is 0.137. The predicted octanol–water partition coefficient (Wildman–Crippen LogP) is 2.94. The van der Waals surface area contributed by atoms with E-state index in [1.807, 2.05) is 6.07 Å². The van der Waals surface area contributed by atoms with Crippen LogP contribution in [0.5, 0.6) is 0 Å². The van der Waals surface area contributed by atoms with Crippen LogP contribution in [-0.4, -0.2) is 22.7 Å². The van der Waals surface area contributed by atoms with E-state index < -0.39 is 11.4 Å². The first-order valence-electron chi connectivity index (χ1n) is 7.94. The second-order valence-electron chi connectivity index (χ2n) is 5.85. The lowest BCUT2D eigenvalue weighted by atomic mass is 10.2. The number of carbonyl (C=O) groups is 1. The Hall–Kier alpha value is -3.48. The number of amides is 1. The zero-order valence-electron chi connectivity index (χ0n) is 13.8. The molecule has 0 unspecified atom stereocenters. The van der Waals surface area contributed by atoms with Gasteiger partial charge in [0.25, 0.3) is 0 Å². The number of fused-ring (bicyclic) bond motifs is 3. The van der Waals surface area contributed by atoms with Gasteiger partial charge in [-0.05, 0) is 24.3 Å². The van der Waals surface area contributed by atoms with Gasteiger partial charge in [-0.3, -0.25) is 9.48 Å². The zero-order chi connectivity index (χ0) is 18.3. The maximum atomic E-state index is 13.9. The molecule has 0 spiro atoms. The summed E-state index contributed by atoms with van der Waals surface area (Å²) in [7, 11) is 1.50. The van der Waals surface area contributed by atoms with Gasteiger partial charge in [0.15, 0.2) is 0 Å². The van der Waals surface area contributed by atoms with E-state index in [-0.39, 0.29) is 18.1 Å². The molecule has 130 valence electrons. The number of benzene rings is 2. The Morgan fingerprint density at radius 1 is 1.15 bits per heavy atom. The first-order valence-corrected chi connectivity index (χ1v) is 7.94.